The van der Waals surface area contributed by atoms with E-state index in [0.717, 1.165) is 57.9 Å². The summed E-state index contributed by atoms with van der Waals surface area (Å²) >= 11 is 0. The molecule has 7 heteroatoms. The summed E-state index contributed by atoms with van der Waals surface area (Å²) in [4.78, 5) is 13.0. The maximum atomic E-state index is 11.3. The number of nitrogens with zero attached hydrogens (tertiary/aromatic N) is 3. The Balaban J connectivity index is 2.07. The average Bonchev–Trinajstić information content (AvgIpc) is 3.11. The van der Waals surface area contributed by atoms with Gasteiger partial charge in [0.15, 0.2) is 5.75 Å². The standard InChI is InChI=1S/C17H22N4O3/c18-11-12-9-14(17(22)15(10-12)21(23)24)16(13-3-1-2-4-13)20-7-5-19-6-8-20/h9-10,13,16,19,22H,1-8H2/t16-/m1/s1. The SMILES string of the molecule is N#Cc1cc([C@@H](C2CCCC2)N2CCNCC2)c(O)c([N+](=O)[O-])c1. The van der Waals surface area contributed by atoms with Crippen LogP contribution in [0.2, 0.25) is 0 Å². The van der Waals surface area contributed by atoms with Crippen molar-refractivity contribution in [1.82, 2.24) is 10.2 Å². The Bertz CT molecular complexity index is 659. The molecule has 24 heavy (non-hydrogen) atoms. The predicted octanol–water partition coefficient (Wildman–Crippen LogP) is 2.31. The molecule has 0 spiro atoms. The lowest BCUT2D eigenvalue weighted by atomic mass is 9.88. The minimum absolute atomic E-state index is 0.0680. The van der Waals surface area contributed by atoms with Crippen LogP contribution in [0.3, 0.4) is 0 Å². The lowest BCUT2D eigenvalue weighted by Crippen LogP contribution is -2.46. The van der Waals surface area contributed by atoms with Crippen molar-refractivity contribution >= 4 is 5.69 Å². The number of hydrogen-bond donors (Lipinski definition) is 2. The summed E-state index contributed by atoms with van der Waals surface area (Å²) in [6, 6.07) is 4.71. The number of nitro groups is 1. The Labute approximate surface area is 141 Å². The molecule has 2 fully saturated rings. The van der Waals surface area contributed by atoms with Crippen LogP contribution < -0.4 is 5.32 Å². The number of phenols is 1. The maximum Gasteiger partial charge on any atom is 0.312 e. The third-order valence-electron chi connectivity index (χ3n) is 5.16. The Morgan fingerprint density at radius 3 is 2.58 bits per heavy atom. The fourth-order valence-electron chi connectivity index (χ4n) is 4.05. The molecule has 2 aliphatic rings. The van der Waals surface area contributed by atoms with Crippen LogP contribution in [0.15, 0.2) is 12.1 Å². The molecule has 0 radical (unpaired) electrons. The quantitative estimate of drug-likeness (QED) is 0.649. The van der Waals surface area contributed by atoms with E-state index >= 15 is 0 Å². The second-order valence-electron chi connectivity index (χ2n) is 6.58. The summed E-state index contributed by atoms with van der Waals surface area (Å²) < 4.78 is 0. The van der Waals surface area contributed by atoms with Gasteiger partial charge in [-0.15, -0.1) is 0 Å². The first-order valence-corrected chi connectivity index (χ1v) is 8.48. The van der Waals surface area contributed by atoms with Gasteiger partial charge in [-0.2, -0.15) is 5.26 Å². The first-order chi connectivity index (χ1) is 11.6. The van der Waals surface area contributed by atoms with Gasteiger partial charge in [-0.25, -0.2) is 0 Å². The van der Waals surface area contributed by atoms with E-state index in [-0.39, 0.29) is 23.0 Å². The number of benzene rings is 1. The van der Waals surface area contributed by atoms with Gasteiger partial charge in [0, 0.05) is 43.9 Å². The largest absolute Gasteiger partial charge is 0.502 e. The third-order valence-corrected chi connectivity index (χ3v) is 5.16. The Kier molecular flexibility index (Phi) is 4.97. The number of rotatable bonds is 4. The zero-order chi connectivity index (χ0) is 17.1. The van der Waals surface area contributed by atoms with E-state index in [1.807, 2.05) is 6.07 Å². The van der Waals surface area contributed by atoms with Crippen molar-refractivity contribution in [2.24, 2.45) is 5.92 Å². The highest BCUT2D eigenvalue weighted by Crippen LogP contribution is 2.45. The van der Waals surface area contributed by atoms with Crippen LogP contribution in [-0.4, -0.2) is 41.1 Å². The van der Waals surface area contributed by atoms with Crippen LogP contribution >= 0.6 is 0 Å². The molecule has 128 valence electrons. The molecule has 7 nitrogen and oxygen atoms in total. The normalized spacial score (nSPS) is 20.6. The number of phenolic OH excluding ortho intramolecular Hbond substituents is 1. The lowest BCUT2D eigenvalue weighted by Gasteiger charge is -2.38. The molecule has 0 aromatic heterocycles. The first kappa shape index (κ1) is 16.7. The summed E-state index contributed by atoms with van der Waals surface area (Å²) in [6.45, 7) is 3.41. The van der Waals surface area contributed by atoms with Gasteiger partial charge in [0.2, 0.25) is 0 Å². The van der Waals surface area contributed by atoms with Gasteiger partial charge in [-0.05, 0) is 24.8 Å². The zero-order valence-corrected chi connectivity index (χ0v) is 13.6. The molecular weight excluding hydrogens is 308 g/mol. The zero-order valence-electron chi connectivity index (χ0n) is 13.6. The fourth-order valence-corrected chi connectivity index (χ4v) is 4.05. The van der Waals surface area contributed by atoms with E-state index in [4.69, 9.17) is 0 Å². The summed E-state index contributed by atoms with van der Waals surface area (Å²) in [5.74, 6) is 0.0805. The Hall–Kier alpha value is -2.17. The molecular formula is C17H22N4O3. The molecule has 0 amide bonds. The molecule has 1 aliphatic carbocycles. The molecule has 0 bridgehead atoms. The summed E-state index contributed by atoms with van der Waals surface area (Å²) in [5.41, 5.74) is 0.393. The van der Waals surface area contributed by atoms with Crippen molar-refractivity contribution in [3.05, 3.63) is 33.4 Å². The van der Waals surface area contributed by atoms with E-state index in [0.29, 0.717) is 11.5 Å². The lowest BCUT2D eigenvalue weighted by molar-refractivity contribution is -0.386. The first-order valence-electron chi connectivity index (χ1n) is 8.48. The van der Waals surface area contributed by atoms with Crippen molar-refractivity contribution in [2.75, 3.05) is 26.2 Å². The van der Waals surface area contributed by atoms with Crippen molar-refractivity contribution < 1.29 is 10.0 Å². The topological polar surface area (TPSA) is 102 Å². The molecule has 1 saturated heterocycles. The molecule has 1 heterocycles. The van der Waals surface area contributed by atoms with E-state index in [1.54, 1.807) is 6.07 Å². The van der Waals surface area contributed by atoms with Gasteiger partial charge < -0.3 is 10.4 Å². The number of nitriles is 1. The van der Waals surface area contributed by atoms with Gasteiger partial charge >= 0.3 is 5.69 Å². The van der Waals surface area contributed by atoms with Gasteiger partial charge in [0.05, 0.1) is 16.6 Å². The molecule has 1 atom stereocenters. The van der Waals surface area contributed by atoms with Crippen molar-refractivity contribution in [2.45, 2.75) is 31.7 Å². The molecule has 1 aromatic carbocycles. The minimum atomic E-state index is -0.608. The highest BCUT2D eigenvalue weighted by molar-refractivity contribution is 5.57. The van der Waals surface area contributed by atoms with Crippen LogP contribution in [0.1, 0.15) is 42.9 Å². The van der Waals surface area contributed by atoms with Gasteiger partial charge in [0.1, 0.15) is 0 Å². The second kappa shape index (κ2) is 7.16. The number of aromatic hydroxyl groups is 1. The summed E-state index contributed by atoms with van der Waals surface area (Å²) in [7, 11) is 0. The molecule has 1 saturated carbocycles. The fraction of sp³-hybridized carbons (Fsp3) is 0.588. The van der Waals surface area contributed by atoms with E-state index in [1.165, 1.54) is 0 Å². The van der Waals surface area contributed by atoms with Gasteiger partial charge in [-0.3, -0.25) is 15.0 Å². The number of piperazine rings is 1. The second-order valence-corrected chi connectivity index (χ2v) is 6.58. The highest BCUT2D eigenvalue weighted by Gasteiger charge is 2.35. The van der Waals surface area contributed by atoms with E-state index in [2.05, 4.69) is 10.2 Å². The Morgan fingerprint density at radius 1 is 1.33 bits per heavy atom. The van der Waals surface area contributed by atoms with Crippen molar-refractivity contribution in [3.63, 3.8) is 0 Å². The van der Waals surface area contributed by atoms with Crippen LogP contribution in [0, 0.1) is 27.4 Å². The molecule has 0 unspecified atom stereocenters. The van der Waals surface area contributed by atoms with Crippen LogP contribution in [-0.2, 0) is 0 Å². The average molecular weight is 330 g/mol. The molecule has 1 aliphatic heterocycles. The van der Waals surface area contributed by atoms with Gasteiger partial charge in [0.25, 0.3) is 0 Å². The van der Waals surface area contributed by atoms with Gasteiger partial charge in [-0.1, -0.05) is 12.8 Å². The minimum Gasteiger partial charge on any atom is -0.502 e. The third kappa shape index (κ3) is 3.21. The van der Waals surface area contributed by atoms with Crippen molar-refractivity contribution in [1.29, 1.82) is 5.26 Å². The number of hydrogen-bond acceptors (Lipinski definition) is 6. The number of nitro benzene ring substituents is 1. The molecule has 1 aromatic rings. The van der Waals surface area contributed by atoms with E-state index in [9.17, 15) is 20.5 Å². The van der Waals surface area contributed by atoms with Crippen LogP contribution in [0.4, 0.5) is 5.69 Å². The highest BCUT2D eigenvalue weighted by atomic mass is 16.6. The predicted molar refractivity (Wildman–Crippen MR) is 88.6 cm³/mol. The molecule has 2 N–H and O–H groups in total. The number of nitrogens with one attached hydrogen (secondary N) is 1. The maximum absolute atomic E-state index is 11.3. The van der Waals surface area contributed by atoms with Crippen molar-refractivity contribution in [3.8, 4) is 11.8 Å². The monoisotopic (exact) mass is 330 g/mol. The Morgan fingerprint density at radius 2 is 2.00 bits per heavy atom. The van der Waals surface area contributed by atoms with E-state index < -0.39 is 4.92 Å². The smallest absolute Gasteiger partial charge is 0.312 e. The van der Waals surface area contributed by atoms with Crippen LogP contribution in [0.5, 0.6) is 5.75 Å². The summed E-state index contributed by atoms with van der Waals surface area (Å²) in [5, 5.41) is 34.4. The molecule has 3 rings (SSSR count). The summed E-state index contributed by atoms with van der Waals surface area (Å²) in [6.07, 6.45) is 4.40. The van der Waals surface area contributed by atoms with Crippen LogP contribution in [0.25, 0.3) is 0 Å².